The molecule has 2 amide bonds. The fourth-order valence-corrected chi connectivity index (χ4v) is 2.39. The van der Waals surface area contributed by atoms with Crippen molar-refractivity contribution in [3.05, 3.63) is 54.4 Å². The Balaban J connectivity index is 1.53. The van der Waals surface area contributed by atoms with Gasteiger partial charge >= 0.3 is 6.09 Å². The fourth-order valence-electron chi connectivity index (χ4n) is 2.39. The molecule has 0 aliphatic carbocycles. The molecule has 2 aromatic rings. The van der Waals surface area contributed by atoms with Gasteiger partial charge in [0.15, 0.2) is 0 Å². The number of nitrogens with one attached hydrogen (secondary N) is 1. The molecule has 2 heterocycles. The molecule has 1 fully saturated rings. The second-order valence-corrected chi connectivity index (χ2v) is 5.06. The largest absolute Gasteiger partial charge is 0.415 e. The molecule has 1 saturated heterocycles. The third-order valence-electron chi connectivity index (χ3n) is 3.62. The first kappa shape index (κ1) is 14.2. The number of aromatic nitrogens is 1. The summed E-state index contributed by atoms with van der Waals surface area (Å²) in [5, 5.41) is 0. The number of H-pyrrole nitrogens is 1. The highest BCUT2D eigenvalue weighted by Gasteiger charge is 2.26. The van der Waals surface area contributed by atoms with Gasteiger partial charge in [-0.3, -0.25) is 4.79 Å². The van der Waals surface area contributed by atoms with Crippen LogP contribution in [-0.4, -0.2) is 53.0 Å². The van der Waals surface area contributed by atoms with Crippen LogP contribution in [0.25, 0.3) is 0 Å². The number of carbonyl (C=O) groups is 2. The highest BCUT2D eigenvalue weighted by atomic mass is 16.6. The van der Waals surface area contributed by atoms with E-state index in [2.05, 4.69) is 4.98 Å². The quantitative estimate of drug-likeness (QED) is 0.922. The molecule has 0 spiro atoms. The maximum atomic E-state index is 12.2. The van der Waals surface area contributed by atoms with E-state index in [9.17, 15) is 9.59 Å². The van der Waals surface area contributed by atoms with Crippen molar-refractivity contribution in [3.63, 3.8) is 0 Å². The number of carbonyl (C=O) groups excluding carboxylic acids is 2. The van der Waals surface area contributed by atoms with E-state index in [1.165, 1.54) is 0 Å². The molecule has 6 nitrogen and oxygen atoms in total. The summed E-state index contributed by atoms with van der Waals surface area (Å²) >= 11 is 0. The Bertz CT molecular complexity index is 632. The second-order valence-electron chi connectivity index (χ2n) is 5.06. The Morgan fingerprint density at radius 1 is 0.955 bits per heavy atom. The van der Waals surface area contributed by atoms with Crippen LogP contribution in [0.1, 0.15) is 10.4 Å². The predicted octanol–water partition coefficient (Wildman–Crippen LogP) is 1.97. The standard InChI is InChI=1S/C16H17N3O3/c20-15(13-6-7-17-12-13)18-8-10-19(11-9-18)16(21)22-14-4-2-1-3-5-14/h1-7,12,17H,8-11H2. The number of benzene rings is 1. The zero-order valence-electron chi connectivity index (χ0n) is 12.1. The zero-order chi connectivity index (χ0) is 15.4. The molecule has 3 rings (SSSR count). The van der Waals surface area contributed by atoms with Gasteiger partial charge in [-0.15, -0.1) is 0 Å². The number of amides is 2. The van der Waals surface area contributed by atoms with E-state index in [0.29, 0.717) is 37.5 Å². The number of nitrogens with zero attached hydrogens (tertiary/aromatic N) is 2. The van der Waals surface area contributed by atoms with E-state index in [4.69, 9.17) is 4.74 Å². The zero-order valence-corrected chi connectivity index (χ0v) is 12.1. The molecule has 0 bridgehead atoms. The molecule has 1 aromatic heterocycles. The Morgan fingerprint density at radius 3 is 2.27 bits per heavy atom. The molecule has 1 aliphatic heterocycles. The fraction of sp³-hybridized carbons (Fsp3) is 0.250. The van der Waals surface area contributed by atoms with E-state index in [-0.39, 0.29) is 12.0 Å². The van der Waals surface area contributed by atoms with E-state index < -0.39 is 0 Å². The van der Waals surface area contributed by atoms with Crippen LogP contribution in [0.2, 0.25) is 0 Å². The maximum absolute atomic E-state index is 12.2. The van der Waals surface area contributed by atoms with Gasteiger partial charge < -0.3 is 19.5 Å². The van der Waals surface area contributed by atoms with Gasteiger partial charge in [0.1, 0.15) is 5.75 Å². The Kier molecular flexibility index (Phi) is 4.09. The molecular weight excluding hydrogens is 282 g/mol. The van der Waals surface area contributed by atoms with Gasteiger partial charge in [-0.05, 0) is 18.2 Å². The lowest BCUT2D eigenvalue weighted by atomic mass is 10.2. The number of piperazine rings is 1. The first-order valence-electron chi connectivity index (χ1n) is 7.18. The van der Waals surface area contributed by atoms with Gasteiger partial charge in [-0.25, -0.2) is 4.79 Å². The average Bonchev–Trinajstić information content (AvgIpc) is 3.10. The van der Waals surface area contributed by atoms with Crippen LogP contribution in [0.4, 0.5) is 4.79 Å². The summed E-state index contributed by atoms with van der Waals surface area (Å²) in [7, 11) is 0. The topological polar surface area (TPSA) is 65.6 Å². The maximum Gasteiger partial charge on any atom is 0.415 e. The number of para-hydroxylation sites is 1. The minimum atomic E-state index is -0.375. The van der Waals surface area contributed by atoms with Crippen LogP contribution < -0.4 is 4.74 Å². The van der Waals surface area contributed by atoms with Crippen LogP contribution in [0, 0.1) is 0 Å². The molecule has 0 radical (unpaired) electrons. The molecule has 1 N–H and O–H groups in total. The van der Waals surface area contributed by atoms with Crippen LogP contribution in [0.5, 0.6) is 5.75 Å². The minimum absolute atomic E-state index is 0.0164. The number of rotatable bonds is 2. The lowest BCUT2D eigenvalue weighted by molar-refractivity contribution is 0.0633. The van der Waals surface area contributed by atoms with E-state index in [1.807, 2.05) is 18.2 Å². The van der Waals surface area contributed by atoms with Gasteiger partial charge in [0, 0.05) is 38.6 Å². The molecule has 1 aliphatic rings. The predicted molar refractivity (Wildman–Crippen MR) is 80.7 cm³/mol. The molecule has 0 unspecified atom stereocenters. The number of ether oxygens (including phenoxy) is 1. The van der Waals surface area contributed by atoms with Gasteiger partial charge in [0.05, 0.1) is 5.56 Å². The first-order valence-corrected chi connectivity index (χ1v) is 7.18. The van der Waals surface area contributed by atoms with Crippen molar-refractivity contribution in [2.45, 2.75) is 0 Å². The molecule has 0 saturated carbocycles. The molecular formula is C16H17N3O3. The third kappa shape index (κ3) is 3.11. The van der Waals surface area contributed by atoms with Crippen LogP contribution >= 0.6 is 0 Å². The van der Waals surface area contributed by atoms with Crippen molar-refractivity contribution in [3.8, 4) is 5.75 Å². The molecule has 22 heavy (non-hydrogen) atoms. The van der Waals surface area contributed by atoms with Gasteiger partial charge in [0.2, 0.25) is 0 Å². The van der Waals surface area contributed by atoms with Crippen LogP contribution in [-0.2, 0) is 0 Å². The normalized spacial score (nSPS) is 14.7. The van der Waals surface area contributed by atoms with Crippen molar-refractivity contribution in [1.82, 2.24) is 14.8 Å². The Hall–Kier alpha value is -2.76. The third-order valence-corrected chi connectivity index (χ3v) is 3.62. The lowest BCUT2D eigenvalue weighted by Crippen LogP contribution is -2.51. The van der Waals surface area contributed by atoms with E-state index in [1.54, 1.807) is 40.4 Å². The van der Waals surface area contributed by atoms with Crippen molar-refractivity contribution in [2.24, 2.45) is 0 Å². The SMILES string of the molecule is O=C(Oc1ccccc1)N1CCN(C(=O)c2cc[nH]c2)CC1. The van der Waals surface area contributed by atoms with Gasteiger partial charge in [-0.2, -0.15) is 0 Å². The van der Waals surface area contributed by atoms with Crippen LogP contribution in [0.15, 0.2) is 48.8 Å². The highest BCUT2D eigenvalue weighted by molar-refractivity contribution is 5.94. The summed E-state index contributed by atoms with van der Waals surface area (Å²) in [6.07, 6.45) is 3.03. The molecule has 1 aromatic carbocycles. The van der Waals surface area contributed by atoms with E-state index >= 15 is 0 Å². The summed E-state index contributed by atoms with van der Waals surface area (Å²) in [5.41, 5.74) is 0.639. The van der Waals surface area contributed by atoms with Crippen molar-refractivity contribution in [1.29, 1.82) is 0 Å². The first-order chi connectivity index (χ1) is 10.7. The molecule has 6 heteroatoms. The van der Waals surface area contributed by atoms with Crippen LogP contribution in [0.3, 0.4) is 0 Å². The summed E-state index contributed by atoms with van der Waals surface area (Å²) in [6.45, 7) is 1.96. The van der Waals surface area contributed by atoms with E-state index in [0.717, 1.165) is 0 Å². The summed E-state index contributed by atoms with van der Waals surface area (Å²) in [5.74, 6) is 0.510. The Morgan fingerprint density at radius 2 is 1.64 bits per heavy atom. The van der Waals surface area contributed by atoms with Gasteiger partial charge in [0.25, 0.3) is 5.91 Å². The van der Waals surface area contributed by atoms with Crippen molar-refractivity contribution in [2.75, 3.05) is 26.2 Å². The van der Waals surface area contributed by atoms with Gasteiger partial charge in [-0.1, -0.05) is 18.2 Å². The summed E-state index contributed by atoms with van der Waals surface area (Å²) < 4.78 is 5.30. The molecule has 0 atom stereocenters. The average molecular weight is 299 g/mol. The Labute approximate surface area is 128 Å². The van der Waals surface area contributed by atoms with Crippen molar-refractivity contribution < 1.29 is 14.3 Å². The summed E-state index contributed by atoms with van der Waals surface area (Å²) in [4.78, 5) is 30.5. The molecule has 114 valence electrons. The summed E-state index contributed by atoms with van der Waals surface area (Å²) in [6, 6.07) is 10.7. The smallest absolute Gasteiger partial charge is 0.410 e. The number of aromatic amines is 1. The van der Waals surface area contributed by atoms with Crippen molar-refractivity contribution >= 4 is 12.0 Å². The highest BCUT2D eigenvalue weighted by Crippen LogP contribution is 2.13. The second kappa shape index (κ2) is 6.34. The lowest BCUT2D eigenvalue weighted by Gasteiger charge is -2.33. The number of hydrogen-bond donors (Lipinski definition) is 1. The minimum Gasteiger partial charge on any atom is -0.410 e. The monoisotopic (exact) mass is 299 g/mol. The number of hydrogen-bond acceptors (Lipinski definition) is 3.